The van der Waals surface area contributed by atoms with Crippen LogP contribution in [0.1, 0.15) is 29.8 Å². The summed E-state index contributed by atoms with van der Waals surface area (Å²) in [6.07, 6.45) is 0. The van der Waals surface area contributed by atoms with Crippen LogP contribution in [0.15, 0.2) is 24.3 Å². The molecule has 4 heteroatoms. The number of rotatable bonds is 2. The van der Waals surface area contributed by atoms with E-state index in [1.54, 1.807) is 12.1 Å². The summed E-state index contributed by atoms with van der Waals surface area (Å²) in [6, 6.07) is 7.12. The molecule has 0 saturated heterocycles. The molecule has 2 N–H and O–H groups in total. The molecule has 3 nitrogen and oxygen atoms in total. The van der Waals surface area contributed by atoms with Crippen molar-refractivity contribution in [2.45, 2.75) is 19.4 Å². The van der Waals surface area contributed by atoms with Crippen LogP contribution in [-0.2, 0) is 10.3 Å². The molecule has 1 aromatic carbocycles. The zero-order valence-electron chi connectivity index (χ0n) is 9.11. The number of ether oxygens (including phenoxy) is 1. The van der Waals surface area contributed by atoms with Crippen molar-refractivity contribution >= 4 is 18.4 Å². The van der Waals surface area contributed by atoms with Crippen molar-refractivity contribution < 1.29 is 9.53 Å². The second-order valence-corrected chi connectivity index (χ2v) is 3.79. The van der Waals surface area contributed by atoms with E-state index in [0.29, 0.717) is 5.56 Å². The maximum Gasteiger partial charge on any atom is 0.337 e. The minimum Gasteiger partial charge on any atom is -0.465 e. The minimum absolute atomic E-state index is 0. The lowest BCUT2D eigenvalue weighted by atomic mass is 9.95. The van der Waals surface area contributed by atoms with Crippen molar-refractivity contribution in [1.82, 2.24) is 0 Å². The predicted molar refractivity (Wildman–Crippen MR) is 62.2 cm³/mol. The molecule has 15 heavy (non-hydrogen) atoms. The van der Waals surface area contributed by atoms with E-state index < -0.39 is 0 Å². The average molecular weight is 230 g/mol. The van der Waals surface area contributed by atoms with Gasteiger partial charge in [-0.05, 0) is 31.5 Å². The largest absolute Gasteiger partial charge is 0.465 e. The molecule has 0 spiro atoms. The molecular formula is C11H16ClNO2. The molecule has 0 unspecified atom stereocenters. The standard InChI is InChI=1S/C11H15NO2.ClH/c1-11(2,12)9-6-4-8(5-7-9)10(13)14-3;/h4-7H,12H2,1-3H3;1H. The van der Waals surface area contributed by atoms with E-state index >= 15 is 0 Å². The van der Waals surface area contributed by atoms with Gasteiger partial charge in [-0.1, -0.05) is 12.1 Å². The Morgan fingerprint density at radius 1 is 1.27 bits per heavy atom. The molecule has 0 fully saturated rings. The van der Waals surface area contributed by atoms with Crippen LogP contribution in [0.2, 0.25) is 0 Å². The van der Waals surface area contributed by atoms with Gasteiger partial charge in [0.15, 0.2) is 0 Å². The zero-order valence-corrected chi connectivity index (χ0v) is 9.93. The van der Waals surface area contributed by atoms with Gasteiger partial charge in [-0.2, -0.15) is 0 Å². The number of carbonyl (C=O) groups is 1. The van der Waals surface area contributed by atoms with Gasteiger partial charge in [0, 0.05) is 5.54 Å². The second-order valence-electron chi connectivity index (χ2n) is 3.79. The Hall–Kier alpha value is -1.06. The van der Waals surface area contributed by atoms with Crippen molar-refractivity contribution in [2.75, 3.05) is 7.11 Å². The highest BCUT2D eigenvalue weighted by atomic mass is 35.5. The van der Waals surface area contributed by atoms with E-state index in [4.69, 9.17) is 5.73 Å². The SMILES string of the molecule is COC(=O)c1ccc(C(C)(C)N)cc1.Cl. The van der Waals surface area contributed by atoms with E-state index in [2.05, 4.69) is 4.74 Å². The summed E-state index contributed by atoms with van der Waals surface area (Å²) in [7, 11) is 1.36. The number of carbonyl (C=O) groups excluding carboxylic acids is 1. The molecule has 84 valence electrons. The van der Waals surface area contributed by atoms with Crippen molar-refractivity contribution in [2.24, 2.45) is 5.73 Å². The Kier molecular flexibility index (Phi) is 4.78. The lowest BCUT2D eigenvalue weighted by Crippen LogP contribution is -2.28. The molecule has 0 aliphatic carbocycles. The second kappa shape index (κ2) is 5.14. The van der Waals surface area contributed by atoms with Crippen molar-refractivity contribution in [3.63, 3.8) is 0 Å². The average Bonchev–Trinajstić information content (AvgIpc) is 2.15. The summed E-state index contributed by atoms with van der Waals surface area (Å²) in [5.41, 5.74) is 7.05. The highest BCUT2D eigenvalue weighted by Gasteiger charge is 2.14. The molecule has 0 aliphatic rings. The van der Waals surface area contributed by atoms with Crippen molar-refractivity contribution in [3.05, 3.63) is 35.4 Å². The Balaban J connectivity index is 0.00000196. The third kappa shape index (κ3) is 3.53. The van der Waals surface area contributed by atoms with Gasteiger partial charge in [-0.25, -0.2) is 4.79 Å². The molecule has 0 saturated carbocycles. The Morgan fingerprint density at radius 2 is 1.73 bits per heavy atom. The fraction of sp³-hybridized carbons (Fsp3) is 0.364. The van der Waals surface area contributed by atoms with E-state index in [1.807, 2.05) is 26.0 Å². The smallest absolute Gasteiger partial charge is 0.337 e. The molecule has 1 aromatic rings. The highest BCUT2D eigenvalue weighted by molar-refractivity contribution is 5.89. The van der Waals surface area contributed by atoms with Crippen LogP contribution < -0.4 is 5.73 Å². The molecule has 0 radical (unpaired) electrons. The van der Waals surface area contributed by atoms with Crippen LogP contribution in [0.4, 0.5) is 0 Å². The van der Waals surface area contributed by atoms with Gasteiger partial charge in [-0.3, -0.25) is 0 Å². The lowest BCUT2D eigenvalue weighted by Gasteiger charge is -2.18. The van der Waals surface area contributed by atoms with Gasteiger partial charge in [-0.15, -0.1) is 12.4 Å². The van der Waals surface area contributed by atoms with Gasteiger partial charge in [0.2, 0.25) is 0 Å². The van der Waals surface area contributed by atoms with Gasteiger partial charge < -0.3 is 10.5 Å². The first-order valence-corrected chi connectivity index (χ1v) is 4.43. The molecule has 0 aliphatic heterocycles. The summed E-state index contributed by atoms with van der Waals surface area (Å²) in [5, 5.41) is 0. The monoisotopic (exact) mass is 229 g/mol. The van der Waals surface area contributed by atoms with Crippen LogP contribution in [-0.4, -0.2) is 13.1 Å². The third-order valence-electron chi connectivity index (χ3n) is 2.05. The topological polar surface area (TPSA) is 52.3 Å². The molecular weight excluding hydrogens is 214 g/mol. The van der Waals surface area contributed by atoms with Crippen LogP contribution >= 0.6 is 12.4 Å². The summed E-state index contributed by atoms with van der Waals surface area (Å²) >= 11 is 0. The highest BCUT2D eigenvalue weighted by Crippen LogP contribution is 2.17. The zero-order chi connectivity index (χ0) is 10.8. The number of nitrogens with two attached hydrogens (primary N) is 1. The van der Waals surface area contributed by atoms with Crippen LogP contribution in [0.3, 0.4) is 0 Å². The first-order valence-electron chi connectivity index (χ1n) is 4.43. The molecule has 0 atom stereocenters. The van der Waals surface area contributed by atoms with Crippen LogP contribution in [0, 0.1) is 0 Å². The quantitative estimate of drug-likeness (QED) is 0.791. The van der Waals surface area contributed by atoms with E-state index in [-0.39, 0.29) is 23.9 Å². The summed E-state index contributed by atoms with van der Waals surface area (Å²) in [4.78, 5) is 11.1. The first kappa shape index (κ1) is 13.9. The molecule has 1 rings (SSSR count). The third-order valence-corrected chi connectivity index (χ3v) is 2.05. The number of hydrogen-bond donors (Lipinski definition) is 1. The maximum atomic E-state index is 11.1. The molecule has 0 bridgehead atoms. The number of hydrogen-bond acceptors (Lipinski definition) is 3. The maximum absolute atomic E-state index is 11.1. The number of esters is 1. The minimum atomic E-state index is -0.380. The van der Waals surface area contributed by atoms with Crippen LogP contribution in [0.5, 0.6) is 0 Å². The van der Waals surface area contributed by atoms with Gasteiger partial charge >= 0.3 is 5.97 Å². The van der Waals surface area contributed by atoms with Gasteiger partial charge in [0.1, 0.15) is 0 Å². The molecule has 0 heterocycles. The lowest BCUT2D eigenvalue weighted by molar-refractivity contribution is 0.0600. The Bertz CT molecular complexity index is 327. The summed E-state index contributed by atoms with van der Waals surface area (Å²) in [5.74, 6) is -0.327. The van der Waals surface area contributed by atoms with Crippen molar-refractivity contribution in [1.29, 1.82) is 0 Å². The molecule has 0 amide bonds. The Morgan fingerprint density at radius 3 is 2.07 bits per heavy atom. The summed E-state index contributed by atoms with van der Waals surface area (Å²) in [6.45, 7) is 3.83. The van der Waals surface area contributed by atoms with Gasteiger partial charge in [0.05, 0.1) is 12.7 Å². The van der Waals surface area contributed by atoms with E-state index in [1.165, 1.54) is 7.11 Å². The molecule has 0 aromatic heterocycles. The summed E-state index contributed by atoms with van der Waals surface area (Å²) < 4.78 is 4.59. The predicted octanol–water partition coefficient (Wildman–Crippen LogP) is 2.09. The van der Waals surface area contributed by atoms with Gasteiger partial charge in [0.25, 0.3) is 0 Å². The Labute approximate surface area is 96.0 Å². The normalized spacial score (nSPS) is 10.4. The van der Waals surface area contributed by atoms with Crippen molar-refractivity contribution in [3.8, 4) is 0 Å². The first-order chi connectivity index (χ1) is 6.45. The number of methoxy groups -OCH3 is 1. The fourth-order valence-electron chi connectivity index (χ4n) is 1.15. The number of halogens is 1. The van der Waals surface area contributed by atoms with Crippen LogP contribution in [0.25, 0.3) is 0 Å². The fourth-order valence-corrected chi connectivity index (χ4v) is 1.15. The van der Waals surface area contributed by atoms with E-state index in [9.17, 15) is 4.79 Å². The van der Waals surface area contributed by atoms with E-state index in [0.717, 1.165) is 5.56 Å². The number of benzene rings is 1.